The number of nitrogens with zero attached hydrogens (tertiary/aromatic N) is 3. The summed E-state index contributed by atoms with van der Waals surface area (Å²) >= 11 is 1.57. The zero-order chi connectivity index (χ0) is 17.6. The summed E-state index contributed by atoms with van der Waals surface area (Å²) in [6, 6.07) is 10.3. The van der Waals surface area contributed by atoms with Gasteiger partial charge in [0.05, 0.1) is 10.6 Å². The molecule has 0 radical (unpaired) electrons. The largest absolute Gasteiger partial charge is 0.307 e. The molecule has 2 aromatic heterocycles. The normalized spacial score (nSPS) is 14.3. The van der Waals surface area contributed by atoms with Crippen molar-refractivity contribution >= 4 is 33.1 Å². The number of fused-ring (bicyclic) bond motifs is 2. The van der Waals surface area contributed by atoms with E-state index in [1.807, 2.05) is 24.0 Å². The number of carbonyl (C=O) groups excluding carboxylic acids is 1. The molecule has 0 bridgehead atoms. The van der Waals surface area contributed by atoms with E-state index in [2.05, 4.69) is 41.8 Å². The van der Waals surface area contributed by atoms with Gasteiger partial charge < -0.3 is 4.90 Å². The number of rotatable bonds is 3. The van der Waals surface area contributed by atoms with Gasteiger partial charge in [-0.1, -0.05) is 32.0 Å². The van der Waals surface area contributed by atoms with Crippen molar-refractivity contribution in [1.29, 1.82) is 0 Å². The minimum atomic E-state index is 0.115. The SMILES string of the molecule is Cc1nn(CC(C)C)c2sc(C(=O)N3CCCc4ccccc43)cc12. The predicted octanol–water partition coefficient (Wildman–Crippen LogP) is 4.66. The molecule has 0 fully saturated rings. The van der Waals surface area contributed by atoms with Gasteiger partial charge >= 0.3 is 0 Å². The van der Waals surface area contributed by atoms with E-state index in [-0.39, 0.29) is 5.91 Å². The second-order valence-corrected chi connectivity index (χ2v) is 8.21. The van der Waals surface area contributed by atoms with Gasteiger partial charge in [0, 0.05) is 24.2 Å². The average Bonchev–Trinajstić information content (AvgIpc) is 3.15. The maximum atomic E-state index is 13.2. The quantitative estimate of drug-likeness (QED) is 0.687. The average molecular weight is 353 g/mol. The van der Waals surface area contributed by atoms with E-state index in [9.17, 15) is 4.79 Å². The summed E-state index contributed by atoms with van der Waals surface area (Å²) in [6.07, 6.45) is 2.07. The highest BCUT2D eigenvalue weighted by Crippen LogP contribution is 2.33. The van der Waals surface area contributed by atoms with Gasteiger partial charge in [-0.25, -0.2) is 0 Å². The molecule has 4 nitrogen and oxygen atoms in total. The fourth-order valence-electron chi connectivity index (χ4n) is 3.57. The number of para-hydroxylation sites is 1. The van der Waals surface area contributed by atoms with E-state index >= 15 is 0 Å². The highest BCUT2D eigenvalue weighted by atomic mass is 32.1. The van der Waals surface area contributed by atoms with Gasteiger partial charge in [-0.05, 0) is 43.4 Å². The molecule has 0 atom stereocenters. The second-order valence-electron chi connectivity index (χ2n) is 7.18. The van der Waals surface area contributed by atoms with Gasteiger partial charge in [0.25, 0.3) is 5.91 Å². The first kappa shape index (κ1) is 16.3. The van der Waals surface area contributed by atoms with Crippen molar-refractivity contribution in [3.05, 3.63) is 46.5 Å². The molecular formula is C20H23N3OS. The van der Waals surface area contributed by atoms with Crippen LogP contribution in [0.2, 0.25) is 0 Å². The molecule has 1 aliphatic heterocycles. The van der Waals surface area contributed by atoms with Gasteiger partial charge in [0.15, 0.2) is 0 Å². The summed E-state index contributed by atoms with van der Waals surface area (Å²) in [5, 5.41) is 5.75. The fourth-order valence-corrected chi connectivity index (χ4v) is 4.69. The van der Waals surface area contributed by atoms with Gasteiger partial charge in [-0.3, -0.25) is 9.48 Å². The van der Waals surface area contributed by atoms with Crippen molar-refractivity contribution in [2.75, 3.05) is 11.4 Å². The van der Waals surface area contributed by atoms with E-state index in [0.717, 1.165) is 52.4 Å². The lowest BCUT2D eigenvalue weighted by atomic mass is 10.0. The van der Waals surface area contributed by atoms with Crippen LogP contribution in [0.5, 0.6) is 0 Å². The summed E-state index contributed by atoms with van der Waals surface area (Å²) in [6.45, 7) is 8.07. The molecule has 0 aliphatic carbocycles. The zero-order valence-electron chi connectivity index (χ0n) is 15.0. The van der Waals surface area contributed by atoms with Crippen molar-refractivity contribution in [3.8, 4) is 0 Å². The second kappa shape index (κ2) is 6.30. The Morgan fingerprint density at radius 3 is 2.92 bits per heavy atom. The zero-order valence-corrected chi connectivity index (χ0v) is 15.8. The molecule has 1 aliphatic rings. The minimum absolute atomic E-state index is 0.115. The molecule has 130 valence electrons. The van der Waals surface area contributed by atoms with Gasteiger partial charge in [0.2, 0.25) is 0 Å². The number of anilines is 1. The van der Waals surface area contributed by atoms with Gasteiger partial charge in [0.1, 0.15) is 4.83 Å². The molecule has 5 heteroatoms. The van der Waals surface area contributed by atoms with E-state index < -0.39 is 0 Å². The Hall–Kier alpha value is -2.14. The lowest BCUT2D eigenvalue weighted by molar-refractivity contribution is 0.0989. The van der Waals surface area contributed by atoms with Crippen molar-refractivity contribution in [3.63, 3.8) is 0 Å². The molecule has 0 saturated heterocycles. The summed E-state index contributed by atoms with van der Waals surface area (Å²) < 4.78 is 2.06. The molecule has 1 aromatic carbocycles. The highest BCUT2D eigenvalue weighted by molar-refractivity contribution is 7.20. The van der Waals surface area contributed by atoms with Crippen LogP contribution < -0.4 is 4.90 Å². The van der Waals surface area contributed by atoms with Crippen LogP contribution in [0.3, 0.4) is 0 Å². The van der Waals surface area contributed by atoms with Crippen LogP contribution in [0.1, 0.15) is 41.2 Å². The molecule has 0 spiro atoms. The van der Waals surface area contributed by atoms with E-state index in [4.69, 9.17) is 0 Å². The molecule has 1 amide bonds. The Labute approximate surface area is 152 Å². The molecular weight excluding hydrogens is 330 g/mol. The van der Waals surface area contributed by atoms with Crippen LogP contribution >= 0.6 is 11.3 Å². The molecule has 25 heavy (non-hydrogen) atoms. The third-order valence-corrected chi connectivity index (χ3v) is 5.85. The van der Waals surface area contributed by atoms with Crippen molar-refractivity contribution in [1.82, 2.24) is 9.78 Å². The summed E-state index contributed by atoms with van der Waals surface area (Å²) in [4.78, 5) is 17.0. The maximum Gasteiger partial charge on any atom is 0.268 e. The Balaban J connectivity index is 1.72. The number of hydrogen-bond donors (Lipinski definition) is 0. The van der Waals surface area contributed by atoms with E-state index in [0.29, 0.717) is 5.92 Å². The first-order chi connectivity index (χ1) is 12.0. The monoisotopic (exact) mass is 353 g/mol. The van der Waals surface area contributed by atoms with Crippen LogP contribution in [-0.2, 0) is 13.0 Å². The first-order valence-electron chi connectivity index (χ1n) is 8.91. The first-order valence-corrected chi connectivity index (χ1v) is 9.73. The number of amides is 1. The third kappa shape index (κ3) is 2.86. The predicted molar refractivity (Wildman–Crippen MR) is 104 cm³/mol. The standard InChI is InChI=1S/C20H23N3OS/c1-13(2)12-23-20-16(14(3)21-23)11-18(25-20)19(24)22-10-6-8-15-7-4-5-9-17(15)22/h4-5,7,9,11,13H,6,8,10,12H2,1-3H3. The molecule has 3 aromatic rings. The van der Waals surface area contributed by atoms with Gasteiger partial charge in [-0.15, -0.1) is 11.3 Å². The van der Waals surface area contributed by atoms with E-state index in [1.54, 1.807) is 11.3 Å². The van der Waals surface area contributed by atoms with Crippen LogP contribution in [0, 0.1) is 12.8 Å². The van der Waals surface area contributed by atoms with Crippen molar-refractivity contribution in [2.45, 2.75) is 40.2 Å². The van der Waals surface area contributed by atoms with E-state index in [1.165, 1.54) is 5.56 Å². The fraction of sp³-hybridized carbons (Fsp3) is 0.400. The van der Waals surface area contributed by atoms with Crippen LogP contribution in [0.25, 0.3) is 10.2 Å². The third-order valence-electron chi connectivity index (χ3n) is 4.71. The van der Waals surface area contributed by atoms with Crippen LogP contribution in [-0.4, -0.2) is 22.2 Å². The van der Waals surface area contributed by atoms with Gasteiger partial charge in [-0.2, -0.15) is 5.10 Å². The lowest BCUT2D eigenvalue weighted by Crippen LogP contribution is -2.34. The van der Waals surface area contributed by atoms with Crippen LogP contribution in [0.15, 0.2) is 30.3 Å². The van der Waals surface area contributed by atoms with Crippen LogP contribution in [0.4, 0.5) is 5.69 Å². The molecule has 0 unspecified atom stereocenters. The summed E-state index contributed by atoms with van der Waals surface area (Å²) in [5.41, 5.74) is 3.34. The molecule has 3 heterocycles. The number of benzene rings is 1. The Bertz CT molecular complexity index is 938. The number of carbonyl (C=O) groups is 1. The Morgan fingerprint density at radius 2 is 2.12 bits per heavy atom. The maximum absolute atomic E-state index is 13.2. The number of aryl methyl sites for hydroxylation is 2. The Morgan fingerprint density at radius 1 is 1.32 bits per heavy atom. The molecule has 0 saturated carbocycles. The summed E-state index contributed by atoms with van der Waals surface area (Å²) in [5.74, 6) is 0.640. The summed E-state index contributed by atoms with van der Waals surface area (Å²) in [7, 11) is 0. The number of hydrogen-bond acceptors (Lipinski definition) is 3. The highest BCUT2D eigenvalue weighted by Gasteiger charge is 2.25. The minimum Gasteiger partial charge on any atom is -0.307 e. The van der Waals surface area contributed by atoms with Crippen molar-refractivity contribution in [2.24, 2.45) is 5.92 Å². The Kier molecular flexibility index (Phi) is 4.12. The topological polar surface area (TPSA) is 38.1 Å². The number of aromatic nitrogens is 2. The lowest BCUT2D eigenvalue weighted by Gasteiger charge is -2.29. The molecule has 0 N–H and O–H groups in total. The molecule has 4 rings (SSSR count). The van der Waals surface area contributed by atoms with Crippen molar-refractivity contribution < 1.29 is 4.79 Å². The smallest absolute Gasteiger partial charge is 0.268 e. The number of thiophene rings is 1.